The monoisotopic (exact) mass is 306 g/mol. The van der Waals surface area contributed by atoms with Gasteiger partial charge >= 0.3 is 0 Å². The largest absolute Gasteiger partial charge is 0.374 e. The van der Waals surface area contributed by atoms with E-state index in [9.17, 15) is 4.79 Å². The summed E-state index contributed by atoms with van der Waals surface area (Å²) in [4.78, 5) is 14.7. The number of carbonyl (C=O) groups is 1. The van der Waals surface area contributed by atoms with Gasteiger partial charge in [0, 0.05) is 30.5 Å². The number of hydrogen-bond donors (Lipinski definition) is 1. The molecule has 0 radical (unpaired) electrons. The Hall–Kier alpha value is -2.29. The number of amides is 1. The van der Waals surface area contributed by atoms with E-state index in [-0.39, 0.29) is 5.91 Å². The zero-order chi connectivity index (χ0) is 15.8. The van der Waals surface area contributed by atoms with Crippen molar-refractivity contribution in [2.75, 3.05) is 23.8 Å². The van der Waals surface area contributed by atoms with Gasteiger partial charge in [0.2, 0.25) is 0 Å². The Kier molecular flexibility index (Phi) is 3.56. The third-order valence-corrected chi connectivity index (χ3v) is 4.92. The summed E-state index contributed by atoms with van der Waals surface area (Å²) in [5.41, 5.74) is 5.55. The maximum absolute atomic E-state index is 12.4. The summed E-state index contributed by atoms with van der Waals surface area (Å²) < 4.78 is 0. The van der Waals surface area contributed by atoms with Crippen molar-refractivity contribution in [1.29, 1.82) is 0 Å². The van der Waals surface area contributed by atoms with Crippen molar-refractivity contribution in [3.8, 4) is 0 Å². The van der Waals surface area contributed by atoms with Crippen molar-refractivity contribution in [2.24, 2.45) is 0 Å². The van der Waals surface area contributed by atoms with Crippen molar-refractivity contribution < 1.29 is 4.79 Å². The van der Waals surface area contributed by atoms with E-state index in [1.54, 1.807) is 0 Å². The van der Waals surface area contributed by atoms with Crippen LogP contribution in [-0.4, -0.2) is 19.5 Å². The van der Waals surface area contributed by atoms with E-state index in [0.717, 1.165) is 30.1 Å². The molecule has 0 atom stereocenters. The van der Waals surface area contributed by atoms with Crippen LogP contribution in [-0.2, 0) is 6.42 Å². The Bertz CT molecular complexity index is 732. The van der Waals surface area contributed by atoms with Gasteiger partial charge < -0.3 is 10.2 Å². The molecule has 1 heterocycles. The standard InChI is InChI=1S/C20H22N2O/c1-22-12-2-3-16-10-11-18(13-19(16)22)21-20(23)17-8-6-15(7-9-17)14-4-5-14/h6-11,13-14H,2-5,12H2,1H3,(H,21,23). The molecule has 1 amide bonds. The molecule has 2 aromatic carbocycles. The molecule has 1 aliphatic heterocycles. The first-order valence-corrected chi connectivity index (χ1v) is 8.46. The number of rotatable bonds is 3. The maximum Gasteiger partial charge on any atom is 0.255 e. The van der Waals surface area contributed by atoms with E-state index >= 15 is 0 Å². The molecule has 0 bridgehead atoms. The van der Waals surface area contributed by atoms with Crippen molar-refractivity contribution in [3.63, 3.8) is 0 Å². The summed E-state index contributed by atoms with van der Waals surface area (Å²) in [7, 11) is 2.11. The summed E-state index contributed by atoms with van der Waals surface area (Å²) in [5, 5.41) is 3.03. The molecular weight excluding hydrogens is 284 g/mol. The predicted octanol–water partition coefficient (Wildman–Crippen LogP) is 4.20. The molecule has 1 fully saturated rings. The highest BCUT2D eigenvalue weighted by atomic mass is 16.1. The molecule has 1 N–H and O–H groups in total. The molecule has 2 aliphatic rings. The van der Waals surface area contributed by atoms with Crippen LogP contribution >= 0.6 is 0 Å². The Labute approximate surface area is 137 Å². The third-order valence-electron chi connectivity index (χ3n) is 4.92. The van der Waals surface area contributed by atoms with E-state index in [0.29, 0.717) is 0 Å². The summed E-state index contributed by atoms with van der Waals surface area (Å²) >= 11 is 0. The van der Waals surface area contributed by atoms with E-state index in [4.69, 9.17) is 0 Å². The Morgan fingerprint density at radius 2 is 1.91 bits per heavy atom. The van der Waals surface area contributed by atoms with Crippen LogP contribution in [0, 0.1) is 0 Å². The second-order valence-corrected chi connectivity index (χ2v) is 6.72. The lowest BCUT2D eigenvalue weighted by atomic mass is 10.0. The van der Waals surface area contributed by atoms with Gasteiger partial charge in [0.15, 0.2) is 0 Å². The van der Waals surface area contributed by atoms with Crippen LogP contribution in [0.1, 0.15) is 46.7 Å². The Morgan fingerprint density at radius 3 is 2.65 bits per heavy atom. The lowest BCUT2D eigenvalue weighted by Gasteiger charge is -2.28. The first-order chi connectivity index (χ1) is 11.2. The number of fused-ring (bicyclic) bond motifs is 1. The van der Waals surface area contributed by atoms with Crippen LogP contribution in [0.3, 0.4) is 0 Å². The number of nitrogens with one attached hydrogen (secondary N) is 1. The van der Waals surface area contributed by atoms with E-state index in [2.05, 4.69) is 41.5 Å². The summed E-state index contributed by atoms with van der Waals surface area (Å²) in [6, 6.07) is 14.3. The van der Waals surface area contributed by atoms with E-state index in [1.807, 2.05) is 18.2 Å². The number of carbonyl (C=O) groups excluding carboxylic acids is 1. The lowest BCUT2D eigenvalue weighted by molar-refractivity contribution is 0.102. The summed E-state index contributed by atoms with van der Waals surface area (Å²) in [5.74, 6) is 0.689. The first-order valence-electron chi connectivity index (χ1n) is 8.46. The van der Waals surface area contributed by atoms with Crippen LogP contribution in [0.4, 0.5) is 11.4 Å². The molecular formula is C20H22N2O. The molecule has 2 aromatic rings. The minimum atomic E-state index is -0.0363. The maximum atomic E-state index is 12.4. The molecule has 0 spiro atoms. The Morgan fingerprint density at radius 1 is 1.13 bits per heavy atom. The predicted molar refractivity (Wildman–Crippen MR) is 94.4 cm³/mol. The fourth-order valence-corrected chi connectivity index (χ4v) is 3.36. The molecule has 0 aromatic heterocycles. The van der Waals surface area contributed by atoms with Crippen LogP contribution in [0.15, 0.2) is 42.5 Å². The SMILES string of the molecule is CN1CCCc2ccc(NC(=O)c3ccc(C4CC4)cc3)cc21. The third kappa shape index (κ3) is 2.96. The number of aryl methyl sites for hydroxylation is 1. The van der Waals surface area contributed by atoms with Gasteiger partial charge in [-0.15, -0.1) is 0 Å². The van der Waals surface area contributed by atoms with Crippen molar-refractivity contribution in [2.45, 2.75) is 31.6 Å². The fourth-order valence-electron chi connectivity index (χ4n) is 3.36. The molecule has 0 unspecified atom stereocenters. The normalized spacial score (nSPS) is 16.8. The van der Waals surface area contributed by atoms with Gasteiger partial charge in [-0.25, -0.2) is 0 Å². The zero-order valence-electron chi connectivity index (χ0n) is 13.5. The Balaban J connectivity index is 1.50. The summed E-state index contributed by atoms with van der Waals surface area (Å²) in [6.07, 6.45) is 4.89. The van der Waals surface area contributed by atoms with Crippen molar-refractivity contribution in [1.82, 2.24) is 0 Å². The number of benzene rings is 2. The smallest absolute Gasteiger partial charge is 0.255 e. The zero-order valence-corrected chi connectivity index (χ0v) is 13.5. The average molecular weight is 306 g/mol. The second kappa shape index (κ2) is 5.73. The molecule has 1 aliphatic carbocycles. The number of anilines is 2. The molecule has 118 valence electrons. The van der Waals surface area contributed by atoms with Gasteiger partial charge in [0.05, 0.1) is 0 Å². The van der Waals surface area contributed by atoms with Gasteiger partial charge in [0.25, 0.3) is 5.91 Å². The van der Waals surface area contributed by atoms with Crippen molar-refractivity contribution in [3.05, 3.63) is 59.2 Å². The molecule has 3 heteroatoms. The van der Waals surface area contributed by atoms with Crippen LogP contribution in [0.2, 0.25) is 0 Å². The van der Waals surface area contributed by atoms with Crippen LogP contribution in [0.5, 0.6) is 0 Å². The van der Waals surface area contributed by atoms with Crippen LogP contribution < -0.4 is 10.2 Å². The highest BCUT2D eigenvalue weighted by Crippen LogP contribution is 2.39. The van der Waals surface area contributed by atoms with Gasteiger partial charge in [-0.05, 0) is 67.0 Å². The van der Waals surface area contributed by atoms with Crippen LogP contribution in [0.25, 0.3) is 0 Å². The highest BCUT2D eigenvalue weighted by Gasteiger charge is 2.23. The van der Waals surface area contributed by atoms with Gasteiger partial charge in [-0.1, -0.05) is 18.2 Å². The number of hydrogen-bond acceptors (Lipinski definition) is 2. The fraction of sp³-hybridized carbons (Fsp3) is 0.350. The molecule has 0 saturated heterocycles. The molecule has 23 heavy (non-hydrogen) atoms. The number of nitrogens with zero attached hydrogens (tertiary/aromatic N) is 1. The quantitative estimate of drug-likeness (QED) is 0.922. The minimum Gasteiger partial charge on any atom is -0.374 e. The van der Waals surface area contributed by atoms with E-state index in [1.165, 1.54) is 36.1 Å². The van der Waals surface area contributed by atoms with Crippen molar-refractivity contribution >= 4 is 17.3 Å². The molecule has 4 rings (SSSR count). The lowest BCUT2D eigenvalue weighted by Crippen LogP contribution is -2.24. The average Bonchev–Trinajstić information content (AvgIpc) is 3.41. The molecule has 1 saturated carbocycles. The topological polar surface area (TPSA) is 32.3 Å². The van der Waals surface area contributed by atoms with Gasteiger partial charge in [-0.2, -0.15) is 0 Å². The second-order valence-electron chi connectivity index (χ2n) is 6.72. The van der Waals surface area contributed by atoms with Gasteiger partial charge in [0.1, 0.15) is 0 Å². The van der Waals surface area contributed by atoms with E-state index < -0.39 is 0 Å². The minimum absolute atomic E-state index is 0.0363. The summed E-state index contributed by atoms with van der Waals surface area (Å²) in [6.45, 7) is 1.08. The van der Waals surface area contributed by atoms with Gasteiger partial charge in [-0.3, -0.25) is 4.79 Å². The first kappa shape index (κ1) is 14.3. The molecule has 3 nitrogen and oxygen atoms in total. The highest BCUT2D eigenvalue weighted by molar-refractivity contribution is 6.04.